The Hall–Kier alpha value is -2.55. The number of amides is 1. The second-order valence-electron chi connectivity index (χ2n) is 8.44. The minimum Gasteiger partial charge on any atom is -0.379 e. The Bertz CT molecular complexity index is 1130. The van der Waals surface area contributed by atoms with Gasteiger partial charge in [-0.05, 0) is 42.3 Å². The molecule has 1 atom stereocenters. The van der Waals surface area contributed by atoms with Gasteiger partial charge < -0.3 is 15.0 Å². The van der Waals surface area contributed by atoms with E-state index in [1.165, 1.54) is 6.07 Å². The Morgan fingerprint density at radius 2 is 1.94 bits per heavy atom. The highest BCUT2D eigenvalue weighted by Gasteiger charge is 2.34. The molecule has 1 aliphatic heterocycles. The number of halogens is 4. The number of hydrogen-bond donors (Lipinski definition) is 2. The van der Waals surface area contributed by atoms with Crippen LogP contribution in [0, 0.1) is 0 Å². The molecule has 9 heteroatoms. The zero-order valence-electron chi connectivity index (χ0n) is 18.6. The second-order valence-corrected chi connectivity index (χ2v) is 8.85. The van der Waals surface area contributed by atoms with E-state index >= 15 is 0 Å². The van der Waals surface area contributed by atoms with Gasteiger partial charge in [0.25, 0.3) is 0 Å². The van der Waals surface area contributed by atoms with Gasteiger partial charge in [0.1, 0.15) is 0 Å². The highest BCUT2D eigenvalue weighted by atomic mass is 35.5. The fraction of sp³-hybridized carbons (Fsp3) is 0.400. The molecular formula is C25H27ClF3N3O2. The van der Waals surface area contributed by atoms with E-state index in [1.807, 2.05) is 24.3 Å². The maximum Gasteiger partial charge on any atom is 0.417 e. The van der Waals surface area contributed by atoms with E-state index in [0.717, 1.165) is 61.8 Å². The molecule has 1 amide bonds. The van der Waals surface area contributed by atoms with Gasteiger partial charge in [0.05, 0.1) is 23.8 Å². The summed E-state index contributed by atoms with van der Waals surface area (Å²) >= 11 is 5.84. The number of carbonyl (C=O) groups excluding carboxylic acids is 1. The van der Waals surface area contributed by atoms with Crippen LogP contribution in [0.4, 0.5) is 13.2 Å². The molecule has 3 aromatic rings. The summed E-state index contributed by atoms with van der Waals surface area (Å²) in [5, 5.41) is 3.45. The van der Waals surface area contributed by atoms with Crippen LogP contribution in [-0.4, -0.2) is 55.2 Å². The molecule has 0 spiro atoms. The normalized spacial score (nSPS) is 16.0. The molecule has 0 radical (unpaired) electrons. The molecule has 4 rings (SSSR count). The van der Waals surface area contributed by atoms with Gasteiger partial charge in [0.15, 0.2) is 0 Å². The number of para-hydroxylation sites is 1. The average molecular weight is 494 g/mol. The third-order valence-electron chi connectivity index (χ3n) is 6.16. The van der Waals surface area contributed by atoms with Crippen molar-refractivity contribution in [2.24, 2.45) is 0 Å². The maximum atomic E-state index is 13.5. The van der Waals surface area contributed by atoms with Crippen LogP contribution in [-0.2, 0) is 15.7 Å². The van der Waals surface area contributed by atoms with E-state index < -0.39 is 17.7 Å². The monoisotopic (exact) mass is 493 g/mol. The van der Waals surface area contributed by atoms with Crippen LogP contribution < -0.4 is 5.32 Å². The lowest BCUT2D eigenvalue weighted by Gasteiger charge is -2.26. The molecule has 0 bridgehead atoms. The molecule has 1 aromatic heterocycles. The molecule has 2 aromatic carbocycles. The highest BCUT2D eigenvalue weighted by molar-refractivity contribution is 6.31. The Morgan fingerprint density at radius 1 is 1.18 bits per heavy atom. The number of morpholine rings is 1. The topological polar surface area (TPSA) is 57.4 Å². The molecule has 5 nitrogen and oxygen atoms in total. The fourth-order valence-corrected chi connectivity index (χ4v) is 4.60. The number of fused-ring (bicyclic) bond motifs is 1. The predicted molar refractivity (Wildman–Crippen MR) is 126 cm³/mol. The quantitative estimate of drug-likeness (QED) is 0.424. The fourth-order valence-electron chi connectivity index (χ4n) is 4.38. The molecule has 0 saturated carbocycles. The summed E-state index contributed by atoms with van der Waals surface area (Å²) in [4.78, 5) is 18.3. The van der Waals surface area contributed by atoms with Crippen molar-refractivity contribution in [1.82, 2.24) is 15.2 Å². The Balaban J connectivity index is 1.52. The van der Waals surface area contributed by atoms with Crippen LogP contribution in [0.5, 0.6) is 0 Å². The van der Waals surface area contributed by atoms with Gasteiger partial charge in [-0.1, -0.05) is 35.9 Å². The molecule has 34 heavy (non-hydrogen) atoms. The summed E-state index contributed by atoms with van der Waals surface area (Å²) in [5.74, 6) is -0.769. The minimum atomic E-state index is -4.58. The van der Waals surface area contributed by atoms with E-state index in [2.05, 4.69) is 15.2 Å². The van der Waals surface area contributed by atoms with E-state index in [9.17, 15) is 18.0 Å². The number of aromatic amines is 1. The lowest BCUT2D eigenvalue weighted by Crippen LogP contribution is -2.38. The first-order chi connectivity index (χ1) is 16.3. The summed E-state index contributed by atoms with van der Waals surface area (Å²) in [7, 11) is 0. The number of H-pyrrole nitrogens is 1. The van der Waals surface area contributed by atoms with E-state index in [0.29, 0.717) is 12.1 Å². The van der Waals surface area contributed by atoms with Gasteiger partial charge >= 0.3 is 6.18 Å². The van der Waals surface area contributed by atoms with E-state index in [4.69, 9.17) is 16.3 Å². The third kappa shape index (κ3) is 5.92. The Morgan fingerprint density at radius 3 is 2.71 bits per heavy atom. The summed E-state index contributed by atoms with van der Waals surface area (Å²) in [6, 6.07) is 11.4. The number of carbonyl (C=O) groups is 1. The second kappa shape index (κ2) is 10.8. The summed E-state index contributed by atoms with van der Waals surface area (Å²) < 4.78 is 45.9. The van der Waals surface area contributed by atoms with Crippen molar-refractivity contribution >= 4 is 28.4 Å². The number of nitrogens with zero attached hydrogens (tertiary/aromatic N) is 1. The largest absolute Gasteiger partial charge is 0.417 e. The maximum absolute atomic E-state index is 13.5. The average Bonchev–Trinajstić information content (AvgIpc) is 3.25. The molecule has 1 fully saturated rings. The van der Waals surface area contributed by atoms with Crippen LogP contribution in [0.25, 0.3) is 10.9 Å². The Kier molecular flexibility index (Phi) is 7.80. The number of aromatic nitrogens is 1. The van der Waals surface area contributed by atoms with Crippen LogP contribution in [0.1, 0.15) is 35.4 Å². The molecule has 0 aliphatic carbocycles. The molecule has 182 valence electrons. The number of rotatable bonds is 8. The first-order valence-electron chi connectivity index (χ1n) is 11.3. The van der Waals surface area contributed by atoms with Gasteiger partial charge in [0, 0.05) is 49.1 Å². The Labute approximate surface area is 201 Å². The molecule has 1 aliphatic rings. The summed E-state index contributed by atoms with van der Waals surface area (Å²) in [5.41, 5.74) is 1.13. The van der Waals surface area contributed by atoms with Gasteiger partial charge in [-0.25, -0.2) is 0 Å². The van der Waals surface area contributed by atoms with E-state index in [1.54, 1.807) is 12.3 Å². The number of ether oxygens (including phenoxy) is 1. The first-order valence-corrected chi connectivity index (χ1v) is 11.7. The lowest BCUT2D eigenvalue weighted by molar-refractivity contribution is -0.137. The third-order valence-corrected chi connectivity index (χ3v) is 6.49. The standard InChI is InChI=1S/C25H27ClF3N3O2/c26-22-7-6-17(14-21(22)25(27,28)29)19(20-16-31-23-5-2-1-4-18(20)23)15-24(33)30-8-3-9-32-10-12-34-13-11-32/h1-2,4-7,14,16,19,31H,3,8-13,15H2,(H,30,33). The van der Waals surface area contributed by atoms with Gasteiger partial charge in [0.2, 0.25) is 5.91 Å². The van der Waals surface area contributed by atoms with Crippen molar-refractivity contribution < 1.29 is 22.7 Å². The smallest absolute Gasteiger partial charge is 0.379 e. The van der Waals surface area contributed by atoms with Crippen molar-refractivity contribution in [2.45, 2.75) is 24.9 Å². The highest BCUT2D eigenvalue weighted by Crippen LogP contribution is 2.39. The SMILES string of the molecule is O=C(CC(c1ccc(Cl)c(C(F)(F)F)c1)c1c[nH]c2ccccc12)NCCCN1CCOCC1. The van der Waals surface area contributed by atoms with Gasteiger partial charge in [-0.2, -0.15) is 13.2 Å². The molecule has 1 unspecified atom stereocenters. The predicted octanol–water partition coefficient (Wildman–Crippen LogP) is 5.20. The molecule has 1 saturated heterocycles. The van der Waals surface area contributed by atoms with Crippen LogP contribution in [0.2, 0.25) is 5.02 Å². The van der Waals surface area contributed by atoms with E-state index in [-0.39, 0.29) is 17.4 Å². The number of alkyl halides is 3. The van der Waals surface area contributed by atoms with Crippen molar-refractivity contribution in [3.8, 4) is 0 Å². The molecule has 2 N–H and O–H groups in total. The summed E-state index contributed by atoms with van der Waals surface area (Å²) in [6.45, 7) is 4.58. The van der Waals surface area contributed by atoms with Crippen molar-refractivity contribution in [2.75, 3.05) is 39.4 Å². The minimum absolute atomic E-state index is 0.0261. The van der Waals surface area contributed by atoms with Crippen molar-refractivity contribution in [3.05, 3.63) is 70.4 Å². The molecular weight excluding hydrogens is 467 g/mol. The van der Waals surface area contributed by atoms with Crippen molar-refractivity contribution in [3.63, 3.8) is 0 Å². The zero-order valence-corrected chi connectivity index (χ0v) is 19.4. The van der Waals surface area contributed by atoms with Crippen LogP contribution in [0.3, 0.4) is 0 Å². The number of nitrogens with one attached hydrogen (secondary N) is 2. The van der Waals surface area contributed by atoms with Crippen molar-refractivity contribution in [1.29, 1.82) is 0 Å². The lowest BCUT2D eigenvalue weighted by atomic mass is 9.87. The van der Waals surface area contributed by atoms with Gasteiger partial charge in [-0.3, -0.25) is 9.69 Å². The molecule has 2 heterocycles. The summed E-state index contributed by atoms with van der Waals surface area (Å²) in [6.07, 6.45) is -2.00. The first kappa shape index (κ1) is 24.6. The number of benzene rings is 2. The number of hydrogen-bond acceptors (Lipinski definition) is 3. The van der Waals surface area contributed by atoms with Crippen LogP contribution >= 0.6 is 11.6 Å². The van der Waals surface area contributed by atoms with Crippen LogP contribution in [0.15, 0.2) is 48.7 Å². The zero-order chi connectivity index (χ0) is 24.1. The van der Waals surface area contributed by atoms with Gasteiger partial charge in [-0.15, -0.1) is 0 Å².